The fourth-order valence-electron chi connectivity index (χ4n) is 2.45. The molecule has 2 atom stereocenters. The lowest BCUT2D eigenvalue weighted by molar-refractivity contribution is 0.359. The quantitative estimate of drug-likeness (QED) is 0.767. The van der Waals surface area contributed by atoms with E-state index in [9.17, 15) is 0 Å². The molecule has 16 heavy (non-hydrogen) atoms. The van der Waals surface area contributed by atoms with Crippen molar-refractivity contribution in [3.05, 3.63) is 23.2 Å². The Morgan fingerprint density at radius 3 is 2.94 bits per heavy atom. The zero-order valence-electron chi connectivity index (χ0n) is 9.67. The fraction of sp³-hybridized carbons (Fsp3) is 0.538. The summed E-state index contributed by atoms with van der Waals surface area (Å²) < 4.78 is 0. The molecular formula is C13H19ClN2. The molecule has 1 fully saturated rings. The number of hydrogen-bond acceptors (Lipinski definition) is 2. The van der Waals surface area contributed by atoms with Gasteiger partial charge >= 0.3 is 0 Å². The summed E-state index contributed by atoms with van der Waals surface area (Å²) in [6.45, 7) is 2.31. The second kappa shape index (κ2) is 4.96. The number of hydrogen-bond donors (Lipinski definition) is 2. The fourth-order valence-corrected chi connectivity index (χ4v) is 2.62. The molecule has 0 radical (unpaired) electrons. The van der Waals surface area contributed by atoms with Crippen LogP contribution in [0, 0.1) is 5.92 Å². The lowest BCUT2D eigenvalue weighted by atomic mass is 9.87. The van der Waals surface area contributed by atoms with Crippen LogP contribution >= 0.6 is 11.6 Å². The summed E-state index contributed by atoms with van der Waals surface area (Å²) in [7, 11) is 0. The van der Waals surface area contributed by atoms with Gasteiger partial charge < -0.3 is 11.1 Å². The Morgan fingerprint density at radius 2 is 2.19 bits per heavy atom. The van der Waals surface area contributed by atoms with Crippen molar-refractivity contribution in [2.24, 2.45) is 5.92 Å². The van der Waals surface area contributed by atoms with Gasteiger partial charge in [-0.3, -0.25) is 0 Å². The highest BCUT2D eigenvalue weighted by Crippen LogP contribution is 2.31. The van der Waals surface area contributed by atoms with Crippen molar-refractivity contribution < 1.29 is 0 Å². The standard InChI is InChI=1S/C13H19ClN2/c1-9-4-2-5-10(8-9)16-12-7-3-6-11(14)13(12)15/h3,6-7,9-10,16H,2,4-5,8,15H2,1H3. The Labute approximate surface area is 102 Å². The first-order chi connectivity index (χ1) is 7.66. The van der Waals surface area contributed by atoms with Gasteiger partial charge in [-0.2, -0.15) is 0 Å². The molecule has 1 aromatic rings. The first-order valence-electron chi connectivity index (χ1n) is 5.97. The normalized spacial score (nSPS) is 25.4. The third-order valence-electron chi connectivity index (χ3n) is 3.35. The molecule has 1 aliphatic rings. The third-order valence-corrected chi connectivity index (χ3v) is 3.68. The molecule has 0 heterocycles. The van der Waals surface area contributed by atoms with Crippen LogP contribution in [0.25, 0.3) is 0 Å². The molecule has 3 heteroatoms. The van der Waals surface area contributed by atoms with Crippen molar-refractivity contribution in [2.75, 3.05) is 11.1 Å². The van der Waals surface area contributed by atoms with Crippen LogP contribution in [0.5, 0.6) is 0 Å². The predicted octanol–water partition coefficient (Wildman–Crippen LogP) is 3.91. The van der Waals surface area contributed by atoms with E-state index in [4.69, 9.17) is 17.3 Å². The molecular weight excluding hydrogens is 220 g/mol. The average molecular weight is 239 g/mol. The number of halogens is 1. The second-order valence-electron chi connectivity index (χ2n) is 4.81. The molecule has 0 spiro atoms. The molecule has 2 rings (SSSR count). The van der Waals surface area contributed by atoms with Gasteiger partial charge in [0.15, 0.2) is 0 Å². The van der Waals surface area contributed by atoms with E-state index in [2.05, 4.69) is 12.2 Å². The van der Waals surface area contributed by atoms with Gasteiger partial charge in [-0.05, 0) is 30.9 Å². The van der Waals surface area contributed by atoms with Crippen molar-refractivity contribution in [2.45, 2.75) is 38.6 Å². The summed E-state index contributed by atoms with van der Waals surface area (Å²) in [5.41, 5.74) is 7.59. The van der Waals surface area contributed by atoms with Gasteiger partial charge in [0.1, 0.15) is 0 Å². The van der Waals surface area contributed by atoms with E-state index >= 15 is 0 Å². The van der Waals surface area contributed by atoms with Crippen LogP contribution in [-0.4, -0.2) is 6.04 Å². The van der Waals surface area contributed by atoms with Gasteiger partial charge in [0, 0.05) is 6.04 Å². The molecule has 88 valence electrons. The molecule has 0 saturated heterocycles. The monoisotopic (exact) mass is 238 g/mol. The van der Waals surface area contributed by atoms with Gasteiger partial charge in [0.05, 0.1) is 16.4 Å². The molecule has 0 amide bonds. The predicted molar refractivity (Wildman–Crippen MR) is 70.9 cm³/mol. The Bertz CT molecular complexity index is 365. The highest BCUT2D eigenvalue weighted by atomic mass is 35.5. The zero-order chi connectivity index (χ0) is 11.5. The maximum Gasteiger partial charge on any atom is 0.0739 e. The number of nitrogens with one attached hydrogen (secondary N) is 1. The number of rotatable bonds is 2. The minimum absolute atomic E-state index is 0.546. The number of nitrogens with two attached hydrogens (primary N) is 1. The second-order valence-corrected chi connectivity index (χ2v) is 5.22. The van der Waals surface area contributed by atoms with Gasteiger partial charge in [0.2, 0.25) is 0 Å². The van der Waals surface area contributed by atoms with Crippen LogP contribution in [0.15, 0.2) is 18.2 Å². The highest BCUT2D eigenvalue weighted by Gasteiger charge is 2.19. The van der Waals surface area contributed by atoms with Gasteiger partial charge in [0.25, 0.3) is 0 Å². The summed E-state index contributed by atoms with van der Waals surface area (Å²) in [6, 6.07) is 6.31. The molecule has 1 saturated carbocycles. The van der Waals surface area contributed by atoms with Crippen LogP contribution in [0.1, 0.15) is 32.6 Å². The van der Waals surface area contributed by atoms with E-state index in [1.54, 1.807) is 0 Å². The summed E-state index contributed by atoms with van der Waals surface area (Å²) in [6.07, 6.45) is 5.12. The van der Waals surface area contributed by atoms with E-state index in [0.717, 1.165) is 11.6 Å². The highest BCUT2D eigenvalue weighted by molar-refractivity contribution is 6.33. The van der Waals surface area contributed by atoms with E-state index < -0.39 is 0 Å². The Balaban J connectivity index is 2.05. The Hall–Kier alpha value is -0.890. The number of nitrogen functional groups attached to an aromatic ring is 1. The maximum absolute atomic E-state index is 6.00. The van der Waals surface area contributed by atoms with E-state index in [1.165, 1.54) is 25.7 Å². The minimum Gasteiger partial charge on any atom is -0.396 e. The van der Waals surface area contributed by atoms with Crippen LogP contribution in [0.4, 0.5) is 11.4 Å². The smallest absolute Gasteiger partial charge is 0.0739 e. The van der Waals surface area contributed by atoms with Gasteiger partial charge in [-0.25, -0.2) is 0 Å². The molecule has 2 nitrogen and oxygen atoms in total. The lowest BCUT2D eigenvalue weighted by Gasteiger charge is -2.28. The summed E-state index contributed by atoms with van der Waals surface area (Å²) in [4.78, 5) is 0. The third kappa shape index (κ3) is 2.62. The lowest BCUT2D eigenvalue weighted by Crippen LogP contribution is -2.26. The number of para-hydroxylation sites is 1. The molecule has 0 bridgehead atoms. The number of anilines is 2. The van der Waals surface area contributed by atoms with Crippen molar-refractivity contribution >= 4 is 23.0 Å². The van der Waals surface area contributed by atoms with Crippen molar-refractivity contribution in [1.82, 2.24) is 0 Å². The molecule has 3 N–H and O–H groups in total. The van der Waals surface area contributed by atoms with E-state index in [-0.39, 0.29) is 0 Å². The first-order valence-corrected chi connectivity index (χ1v) is 6.35. The van der Waals surface area contributed by atoms with Crippen molar-refractivity contribution in [3.8, 4) is 0 Å². The maximum atomic E-state index is 6.00. The van der Waals surface area contributed by atoms with E-state index in [0.29, 0.717) is 16.8 Å². The topological polar surface area (TPSA) is 38.0 Å². The van der Waals surface area contributed by atoms with Crippen molar-refractivity contribution in [1.29, 1.82) is 0 Å². The SMILES string of the molecule is CC1CCCC(Nc2cccc(Cl)c2N)C1. The first kappa shape index (κ1) is 11.6. The molecule has 0 aromatic heterocycles. The summed E-state index contributed by atoms with van der Waals surface area (Å²) in [5, 5.41) is 4.14. The summed E-state index contributed by atoms with van der Waals surface area (Å²) >= 11 is 6.00. The van der Waals surface area contributed by atoms with Crippen LogP contribution < -0.4 is 11.1 Å². The van der Waals surface area contributed by atoms with Crippen molar-refractivity contribution in [3.63, 3.8) is 0 Å². The molecule has 1 aromatic carbocycles. The molecule has 0 aliphatic heterocycles. The van der Waals surface area contributed by atoms with Crippen LogP contribution in [0.2, 0.25) is 5.02 Å². The summed E-state index contributed by atoms with van der Waals surface area (Å²) in [5.74, 6) is 0.812. The Morgan fingerprint density at radius 1 is 1.38 bits per heavy atom. The zero-order valence-corrected chi connectivity index (χ0v) is 10.4. The van der Waals surface area contributed by atoms with Crippen LogP contribution in [-0.2, 0) is 0 Å². The largest absolute Gasteiger partial charge is 0.396 e. The van der Waals surface area contributed by atoms with E-state index in [1.807, 2.05) is 18.2 Å². The molecule has 1 aliphatic carbocycles. The van der Waals surface area contributed by atoms with Crippen LogP contribution in [0.3, 0.4) is 0 Å². The van der Waals surface area contributed by atoms with Gasteiger partial charge in [-0.1, -0.05) is 37.4 Å². The minimum atomic E-state index is 0.546. The molecule has 2 unspecified atom stereocenters. The average Bonchev–Trinajstić information content (AvgIpc) is 2.25. The van der Waals surface area contributed by atoms with Gasteiger partial charge in [-0.15, -0.1) is 0 Å². The Kier molecular flexibility index (Phi) is 3.59. The number of benzene rings is 1.